The van der Waals surface area contributed by atoms with Crippen LogP contribution in [0.1, 0.15) is 25.5 Å². The van der Waals surface area contributed by atoms with Crippen molar-refractivity contribution in [3.63, 3.8) is 0 Å². The van der Waals surface area contributed by atoms with E-state index in [9.17, 15) is 4.79 Å². The van der Waals surface area contributed by atoms with Gasteiger partial charge in [-0.25, -0.2) is 9.78 Å². The van der Waals surface area contributed by atoms with Crippen LogP contribution in [-0.2, 0) is 4.74 Å². The van der Waals surface area contributed by atoms with Gasteiger partial charge in [-0.05, 0) is 42.3 Å². The van der Waals surface area contributed by atoms with Crippen molar-refractivity contribution >= 4 is 28.6 Å². The van der Waals surface area contributed by atoms with Crippen LogP contribution in [0.25, 0.3) is 10.8 Å². The molecule has 2 atom stereocenters. The van der Waals surface area contributed by atoms with Crippen molar-refractivity contribution < 1.29 is 9.53 Å². The van der Waals surface area contributed by atoms with Crippen LogP contribution in [0.15, 0.2) is 54.7 Å². The molecule has 3 aromatic rings. The van der Waals surface area contributed by atoms with E-state index in [1.165, 1.54) is 10.8 Å². The minimum Gasteiger partial charge on any atom is -0.447 e. The highest BCUT2D eigenvalue weighted by Gasteiger charge is 2.32. The lowest BCUT2D eigenvalue weighted by Crippen LogP contribution is -2.31. The molecule has 1 fully saturated rings. The van der Waals surface area contributed by atoms with Crippen molar-refractivity contribution in [3.05, 3.63) is 60.3 Å². The summed E-state index contributed by atoms with van der Waals surface area (Å²) in [4.78, 5) is 22.2. The van der Waals surface area contributed by atoms with Gasteiger partial charge < -0.3 is 10.1 Å². The third-order valence-electron chi connectivity index (χ3n) is 4.59. The van der Waals surface area contributed by atoms with Gasteiger partial charge in [-0.3, -0.25) is 4.90 Å². The van der Waals surface area contributed by atoms with Gasteiger partial charge in [0.25, 0.3) is 0 Å². The largest absolute Gasteiger partial charge is 0.447 e. The zero-order valence-electron chi connectivity index (χ0n) is 14.7. The van der Waals surface area contributed by atoms with Gasteiger partial charge in [0, 0.05) is 6.20 Å². The Bertz CT molecular complexity index is 959. The summed E-state index contributed by atoms with van der Waals surface area (Å²) in [7, 11) is 0. The van der Waals surface area contributed by atoms with Crippen LogP contribution in [0.2, 0.25) is 0 Å². The van der Waals surface area contributed by atoms with Crippen LogP contribution in [-0.4, -0.2) is 28.7 Å². The van der Waals surface area contributed by atoms with E-state index in [-0.39, 0.29) is 18.2 Å². The van der Waals surface area contributed by atoms with Crippen molar-refractivity contribution in [2.45, 2.75) is 25.9 Å². The number of hydrogen-bond acceptors (Lipinski definition) is 5. The summed E-state index contributed by atoms with van der Waals surface area (Å²) in [5.74, 6) is 1.03. The van der Waals surface area contributed by atoms with Gasteiger partial charge in [0.1, 0.15) is 12.4 Å². The predicted octanol–water partition coefficient (Wildman–Crippen LogP) is 4.15. The molecule has 2 heterocycles. The quantitative estimate of drug-likeness (QED) is 0.767. The summed E-state index contributed by atoms with van der Waals surface area (Å²) in [5.41, 5.74) is 1.15. The lowest BCUT2D eigenvalue weighted by molar-refractivity contribution is 0.179. The Morgan fingerprint density at radius 2 is 2.00 bits per heavy atom. The predicted molar refractivity (Wildman–Crippen MR) is 101 cm³/mol. The number of aromatic nitrogens is 2. The lowest BCUT2D eigenvalue weighted by Gasteiger charge is -2.19. The smallest absolute Gasteiger partial charge is 0.415 e. The number of carbonyl (C=O) groups excluding carboxylic acids is 1. The Hall–Kier alpha value is -3.15. The van der Waals surface area contributed by atoms with Crippen LogP contribution in [0, 0.1) is 0 Å². The summed E-state index contributed by atoms with van der Waals surface area (Å²) in [5, 5.41) is 5.72. The second kappa shape index (κ2) is 6.63. The first-order valence-corrected chi connectivity index (χ1v) is 8.66. The number of rotatable bonds is 4. The lowest BCUT2D eigenvalue weighted by atomic mass is 10.0. The van der Waals surface area contributed by atoms with Crippen molar-refractivity contribution in [1.29, 1.82) is 0 Å². The molecule has 0 aliphatic carbocycles. The van der Waals surface area contributed by atoms with Gasteiger partial charge in [-0.1, -0.05) is 36.4 Å². The maximum Gasteiger partial charge on any atom is 0.415 e. The molecule has 6 heteroatoms. The summed E-state index contributed by atoms with van der Waals surface area (Å²) in [6.07, 6.45) is 1.28. The molecule has 26 heavy (non-hydrogen) atoms. The molecule has 0 bridgehead atoms. The molecular weight excluding hydrogens is 328 g/mol. The highest BCUT2D eigenvalue weighted by Crippen LogP contribution is 2.24. The molecule has 1 amide bonds. The van der Waals surface area contributed by atoms with Crippen LogP contribution in [0.3, 0.4) is 0 Å². The molecule has 1 aromatic heterocycles. The van der Waals surface area contributed by atoms with Gasteiger partial charge in [-0.2, -0.15) is 4.98 Å². The van der Waals surface area contributed by atoms with Gasteiger partial charge in [0.15, 0.2) is 0 Å². The fourth-order valence-electron chi connectivity index (χ4n) is 3.14. The van der Waals surface area contributed by atoms with Gasteiger partial charge in [-0.15, -0.1) is 0 Å². The maximum atomic E-state index is 11.9. The van der Waals surface area contributed by atoms with E-state index in [0.29, 0.717) is 18.4 Å². The number of benzene rings is 2. The molecule has 1 aliphatic rings. The number of hydrogen-bond donors (Lipinski definition) is 1. The number of cyclic esters (lactones) is 1. The summed E-state index contributed by atoms with van der Waals surface area (Å²) in [6, 6.07) is 16.3. The first-order valence-electron chi connectivity index (χ1n) is 8.66. The summed E-state index contributed by atoms with van der Waals surface area (Å²) >= 11 is 0. The molecule has 132 valence electrons. The average Bonchev–Trinajstić information content (AvgIpc) is 3.00. The Kier molecular flexibility index (Phi) is 4.16. The maximum absolute atomic E-state index is 11.9. The molecular formula is C20H20N4O2. The summed E-state index contributed by atoms with van der Waals surface area (Å²) in [6.45, 7) is 4.36. The van der Waals surface area contributed by atoms with Crippen molar-refractivity contribution in [1.82, 2.24) is 9.97 Å². The van der Waals surface area contributed by atoms with E-state index in [4.69, 9.17) is 4.74 Å². The van der Waals surface area contributed by atoms with Crippen LogP contribution >= 0.6 is 0 Å². The molecule has 0 radical (unpaired) electrons. The number of nitrogens with one attached hydrogen (secondary N) is 1. The van der Waals surface area contributed by atoms with E-state index in [1.807, 2.05) is 19.1 Å². The number of ether oxygens (including phenoxy) is 1. The minimum absolute atomic E-state index is 0.0257. The fourth-order valence-corrected chi connectivity index (χ4v) is 3.14. The van der Waals surface area contributed by atoms with Crippen LogP contribution < -0.4 is 10.2 Å². The fraction of sp³-hybridized carbons (Fsp3) is 0.250. The van der Waals surface area contributed by atoms with Gasteiger partial charge in [0.2, 0.25) is 5.95 Å². The van der Waals surface area contributed by atoms with Crippen LogP contribution in [0.4, 0.5) is 16.6 Å². The highest BCUT2D eigenvalue weighted by atomic mass is 16.6. The van der Waals surface area contributed by atoms with Gasteiger partial charge >= 0.3 is 6.09 Å². The Balaban J connectivity index is 1.56. The molecule has 1 saturated heterocycles. The SMILES string of the molecule is C[C@H](Nc1nccc(N2C(=O)OC[C@H]2C)n1)c1ccc2ccccc2c1. The highest BCUT2D eigenvalue weighted by molar-refractivity contribution is 5.89. The van der Waals surface area contributed by atoms with E-state index < -0.39 is 0 Å². The van der Waals surface area contributed by atoms with E-state index >= 15 is 0 Å². The standard InChI is InChI=1S/C20H20N4O2/c1-13-12-26-20(25)24(13)18-9-10-21-19(23-18)22-14(2)16-8-7-15-5-3-4-6-17(15)11-16/h3-11,13-14H,12H2,1-2H3,(H,21,22,23)/t13-,14+/m1/s1. The first kappa shape index (κ1) is 16.3. The number of fused-ring (bicyclic) bond motifs is 1. The Labute approximate surface area is 151 Å². The molecule has 6 nitrogen and oxygen atoms in total. The molecule has 4 rings (SSSR count). The van der Waals surface area contributed by atoms with E-state index in [2.05, 4.69) is 52.5 Å². The molecule has 0 saturated carbocycles. The Morgan fingerprint density at radius 1 is 1.19 bits per heavy atom. The number of carbonyl (C=O) groups is 1. The topological polar surface area (TPSA) is 67.4 Å². The second-order valence-electron chi connectivity index (χ2n) is 6.51. The molecule has 0 unspecified atom stereocenters. The summed E-state index contributed by atoms with van der Waals surface area (Å²) < 4.78 is 5.07. The van der Waals surface area contributed by atoms with Gasteiger partial charge in [0.05, 0.1) is 12.1 Å². The molecule has 2 aromatic carbocycles. The third kappa shape index (κ3) is 3.06. The average molecular weight is 348 g/mol. The number of nitrogens with zero attached hydrogens (tertiary/aromatic N) is 3. The molecule has 0 spiro atoms. The van der Waals surface area contributed by atoms with Crippen LogP contribution in [0.5, 0.6) is 0 Å². The minimum atomic E-state index is -0.371. The first-order chi connectivity index (χ1) is 12.6. The molecule has 1 aliphatic heterocycles. The second-order valence-corrected chi connectivity index (χ2v) is 6.51. The van der Waals surface area contributed by atoms with Crippen molar-refractivity contribution in [2.75, 3.05) is 16.8 Å². The number of amides is 1. The number of anilines is 2. The Morgan fingerprint density at radius 3 is 2.77 bits per heavy atom. The zero-order valence-corrected chi connectivity index (χ0v) is 14.7. The van der Waals surface area contributed by atoms with Crippen molar-refractivity contribution in [2.24, 2.45) is 0 Å². The monoisotopic (exact) mass is 348 g/mol. The molecule has 1 N–H and O–H groups in total. The van der Waals surface area contributed by atoms with Crippen molar-refractivity contribution in [3.8, 4) is 0 Å². The normalized spacial score (nSPS) is 18.0. The zero-order chi connectivity index (χ0) is 18.1. The third-order valence-corrected chi connectivity index (χ3v) is 4.59. The van der Waals surface area contributed by atoms with E-state index in [0.717, 1.165) is 5.56 Å². The van der Waals surface area contributed by atoms with E-state index in [1.54, 1.807) is 17.2 Å².